The molecule has 0 aliphatic carbocycles. The first kappa shape index (κ1) is 20.4. The summed E-state index contributed by atoms with van der Waals surface area (Å²) in [5.74, 6) is 0.592. The van der Waals surface area contributed by atoms with Gasteiger partial charge in [0.15, 0.2) is 0 Å². The topological polar surface area (TPSA) is 35.5 Å². The van der Waals surface area contributed by atoms with Gasteiger partial charge in [0.2, 0.25) is 0 Å². The summed E-state index contributed by atoms with van der Waals surface area (Å²) in [7, 11) is 0. The molecule has 1 aliphatic rings. The van der Waals surface area contributed by atoms with E-state index in [0.29, 0.717) is 13.2 Å². The lowest BCUT2D eigenvalue weighted by molar-refractivity contribution is -0.137. The van der Waals surface area contributed by atoms with Crippen LogP contribution in [-0.4, -0.2) is 19.2 Å². The van der Waals surface area contributed by atoms with Crippen LogP contribution in [0.2, 0.25) is 0 Å². The van der Waals surface area contributed by atoms with E-state index in [9.17, 15) is 4.79 Å². The van der Waals surface area contributed by atoms with Gasteiger partial charge in [0, 0.05) is 11.6 Å². The lowest BCUT2D eigenvalue weighted by Crippen LogP contribution is -2.08. The Morgan fingerprint density at radius 1 is 1.10 bits per heavy atom. The third kappa shape index (κ3) is 5.58. The number of fused-ring (bicyclic) bond motifs is 1. The van der Waals surface area contributed by atoms with Crippen LogP contribution < -0.4 is 4.74 Å². The summed E-state index contributed by atoms with van der Waals surface area (Å²) in [5, 5.41) is 0. The van der Waals surface area contributed by atoms with Gasteiger partial charge in [-0.25, -0.2) is 4.79 Å². The quantitative estimate of drug-likeness (QED) is 0.340. The maximum absolute atomic E-state index is 11.5. The Kier molecular flexibility index (Phi) is 6.85. The Hall–Kier alpha value is -3.33. The first-order chi connectivity index (χ1) is 14.1. The van der Waals surface area contributed by atoms with E-state index in [4.69, 9.17) is 9.47 Å². The molecule has 0 amide bonds. The summed E-state index contributed by atoms with van der Waals surface area (Å²) in [6.45, 7) is 6.67. The van der Waals surface area contributed by atoms with Crippen molar-refractivity contribution in [3.63, 3.8) is 0 Å². The molecule has 0 fully saturated rings. The third-order valence-electron chi connectivity index (χ3n) is 4.67. The maximum atomic E-state index is 11.5. The van der Waals surface area contributed by atoms with Crippen LogP contribution in [0, 0.1) is 0 Å². The highest BCUT2D eigenvalue weighted by molar-refractivity contribution is 5.83. The van der Waals surface area contributed by atoms with E-state index >= 15 is 0 Å². The first-order valence-electron chi connectivity index (χ1n) is 9.80. The second-order valence-corrected chi connectivity index (χ2v) is 6.93. The van der Waals surface area contributed by atoms with E-state index in [-0.39, 0.29) is 5.97 Å². The van der Waals surface area contributed by atoms with Crippen molar-refractivity contribution in [2.45, 2.75) is 20.8 Å². The molecule has 0 unspecified atom stereocenters. The van der Waals surface area contributed by atoms with Gasteiger partial charge in [-0.05, 0) is 66.8 Å². The summed E-state index contributed by atoms with van der Waals surface area (Å²) >= 11 is 0. The lowest BCUT2D eigenvalue weighted by Gasteiger charge is -2.19. The number of hydrogen-bond donors (Lipinski definition) is 0. The highest BCUT2D eigenvalue weighted by atomic mass is 16.5. The van der Waals surface area contributed by atoms with Crippen molar-refractivity contribution >= 4 is 12.0 Å². The Bertz CT molecular complexity index is 992. The van der Waals surface area contributed by atoms with Crippen molar-refractivity contribution in [3.8, 4) is 16.9 Å². The zero-order valence-corrected chi connectivity index (χ0v) is 17.1. The van der Waals surface area contributed by atoms with Crippen LogP contribution in [0.25, 0.3) is 17.2 Å². The number of hydrogen-bond acceptors (Lipinski definition) is 3. The summed E-state index contributed by atoms with van der Waals surface area (Å²) in [5.41, 5.74) is 6.56. The molecule has 0 atom stereocenters. The minimum Gasteiger partial charge on any atom is -0.488 e. The number of carbonyl (C=O) groups excluding carboxylic acids is 1. The Balaban J connectivity index is 1.77. The van der Waals surface area contributed by atoms with E-state index in [1.54, 1.807) is 6.92 Å². The summed E-state index contributed by atoms with van der Waals surface area (Å²) in [6.07, 6.45) is 9.55. The monoisotopic (exact) mass is 386 g/mol. The van der Waals surface area contributed by atoms with Crippen molar-refractivity contribution in [2.24, 2.45) is 0 Å². The van der Waals surface area contributed by atoms with Crippen molar-refractivity contribution in [3.05, 3.63) is 95.1 Å². The number of ether oxygens (including phenoxy) is 2. The largest absolute Gasteiger partial charge is 0.488 e. The average Bonchev–Trinajstić information content (AvgIpc) is 2.73. The van der Waals surface area contributed by atoms with E-state index in [1.165, 1.54) is 17.2 Å². The van der Waals surface area contributed by atoms with Crippen LogP contribution in [0.15, 0.2) is 89.6 Å². The Morgan fingerprint density at radius 3 is 2.66 bits per heavy atom. The van der Waals surface area contributed by atoms with Gasteiger partial charge in [-0.1, -0.05) is 54.6 Å². The Morgan fingerprint density at radius 2 is 1.90 bits per heavy atom. The molecule has 1 heterocycles. The van der Waals surface area contributed by atoms with Crippen LogP contribution in [-0.2, 0) is 9.53 Å². The van der Waals surface area contributed by atoms with E-state index in [2.05, 4.69) is 37.3 Å². The molecule has 0 saturated heterocycles. The number of esters is 1. The predicted molar refractivity (Wildman–Crippen MR) is 119 cm³/mol. The van der Waals surface area contributed by atoms with E-state index < -0.39 is 0 Å². The van der Waals surface area contributed by atoms with E-state index in [0.717, 1.165) is 28.0 Å². The van der Waals surface area contributed by atoms with Crippen molar-refractivity contribution < 1.29 is 14.3 Å². The molecule has 0 saturated carbocycles. The standard InChI is InChI=1S/C26H26O3/c1-4-28-26(27)15-19(2)9-8-10-20(3)24-17-23-16-22(13-14-25(23)29-18-24)21-11-6-5-7-12-21/h5-17H,4,18H2,1-3H3. The fourth-order valence-electron chi connectivity index (χ4n) is 3.08. The molecule has 29 heavy (non-hydrogen) atoms. The molecule has 0 bridgehead atoms. The average molecular weight is 386 g/mol. The molecule has 148 valence electrons. The number of allylic oxidation sites excluding steroid dienone is 4. The zero-order chi connectivity index (χ0) is 20.6. The van der Waals surface area contributed by atoms with Gasteiger partial charge in [0.1, 0.15) is 12.4 Å². The fourth-order valence-corrected chi connectivity index (χ4v) is 3.08. The van der Waals surface area contributed by atoms with Gasteiger partial charge in [-0.15, -0.1) is 0 Å². The van der Waals surface area contributed by atoms with Gasteiger partial charge in [0.05, 0.1) is 6.61 Å². The minimum absolute atomic E-state index is 0.315. The summed E-state index contributed by atoms with van der Waals surface area (Å²) in [4.78, 5) is 11.5. The summed E-state index contributed by atoms with van der Waals surface area (Å²) in [6, 6.07) is 16.6. The maximum Gasteiger partial charge on any atom is 0.330 e. The van der Waals surface area contributed by atoms with Crippen LogP contribution in [0.4, 0.5) is 0 Å². The molecule has 3 heteroatoms. The smallest absolute Gasteiger partial charge is 0.330 e. The molecule has 0 spiro atoms. The van der Waals surface area contributed by atoms with Gasteiger partial charge >= 0.3 is 5.97 Å². The van der Waals surface area contributed by atoms with Crippen molar-refractivity contribution in [1.82, 2.24) is 0 Å². The molecular weight excluding hydrogens is 360 g/mol. The molecule has 3 rings (SSSR count). The number of carbonyl (C=O) groups is 1. The SMILES string of the molecule is CCOC(=O)C=C(C)C=CC=C(C)C1=Cc2cc(-c3ccccc3)ccc2OC1. The van der Waals surface area contributed by atoms with Crippen LogP contribution in [0.1, 0.15) is 26.3 Å². The van der Waals surface area contributed by atoms with Crippen LogP contribution in [0.5, 0.6) is 5.75 Å². The molecule has 0 radical (unpaired) electrons. The van der Waals surface area contributed by atoms with Crippen molar-refractivity contribution in [1.29, 1.82) is 0 Å². The van der Waals surface area contributed by atoms with Gasteiger partial charge < -0.3 is 9.47 Å². The third-order valence-corrected chi connectivity index (χ3v) is 4.67. The number of benzene rings is 2. The molecule has 2 aromatic rings. The molecule has 0 N–H and O–H groups in total. The molecule has 0 aromatic heterocycles. The van der Waals surface area contributed by atoms with Crippen LogP contribution >= 0.6 is 0 Å². The highest BCUT2D eigenvalue weighted by Gasteiger charge is 2.13. The van der Waals surface area contributed by atoms with E-state index in [1.807, 2.05) is 49.4 Å². The number of rotatable bonds is 6. The predicted octanol–water partition coefficient (Wildman–Crippen LogP) is 6.14. The molecule has 3 nitrogen and oxygen atoms in total. The van der Waals surface area contributed by atoms with Gasteiger partial charge in [0.25, 0.3) is 0 Å². The highest BCUT2D eigenvalue weighted by Crippen LogP contribution is 2.32. The fraction of sp³-hybridized carbons (Fsp3) is 0.192. The van der Waals surface area contributed by atoms with Crippen molar-refractivity contribution in [2.75, 3.05) is 13.2 Å². The molecule has 1 aliphatic heterocycles. The van der Waals surface area contributed by atoms with Crippen LogP contribution in [0.3, 0.4) is 0 Å². The van der Waals surface area contributed by atoms with Gasteiger partial charge in [-0.3, -0.25) is 0 Å². The summed E-state index contributed by atoms with van der Waals surface area (Å²) < 4.78 is 10.9. The minimum atomic E-state index is -0.315. The lowest BCUT2D eigenvalue weighted by atomic mass is 9.97. The Labute approximate surface area is 172 Å². The molecular formula is C26H26O3. The molecule has 2 aromatic carbocycles. The second-order valence-electron chi connectivity index (χ2n) is 6.93. The zero-order valence-electron chi connectivity index (χ0n) is 17.1. The normalized spacial score (nSPS) is 14.2. The second kappa shape index (κ2) is 9.74. The first-order valence-corrected chi connectivity index (χ1v) is 9.80. The van der Waals surface area contributed by atoms with Gasteiger partial charge in [-0.2, -0.15) is 0 Å².